The number of amides is 1. The van der Waals surface area contributed by atoms with E-state index >= 15 is 0 Å². The van der Waals surface area contributed by atoms with Gasteiger partial charge in [-0.1, -0.05) is 18.2 Å². The summed E-state index contributed by atoms with van der Waals surface area (Å²) < 4.78 is 36.1. The molecule has 0 aliphatic heterocycles. The highest BCUT2D eigenvalue weighted by atomic mass is 32.2. The van der Waals surface area contributed by atoms with Crippen molar-refractivity contribution < 1.29 is 27.5 Å². The summed E-state index contributed by atoms with van der Waals surface area (Å²) in [5, 5.41) is 2.60. The lowest BCUT2D eigenvalue weighted by Gasteiger charge is -2.11. The molecule has 0 radical (unpaired) electrons. The minimum Gasteiger partial charge on any atom is -0.492 e. The van der Waals surface area contributed by atoms with Crippen LogP contribution in [0.4, 0.5) is 5.69 Å². The molecule has 0 spiro atoms. The number of nitrogens with one attached hydrogen (secondary N) is 2. The number of anilines is 1. The number of para-hydroxylation sites is 2. The molecule has 2 N–H and O–H groups in total. The fourth-order valence-electron chi connectivity index (χ4n) is 2.16. The molecule has 2 aromatic carbocycles. The maximum Gasteiger partial charge on any atom is 0.338 e. The highest BCUT2D eigenvalue weighted by Gasteiger charge is 2.16. The van der Waals surface area contributed by atoms with Crippen LogP contribution < -0.4 is 14.8 Å². The Morgan fingerprint density at radius 2 is 1.81 bits per heavy atom. The van der Waals surface area contributed by atoms with Crippen molar-refractivity contribution in [3.8, 4) is 5.75 Å². The molecule has 144 valence electrons. The molecule has 0 atom stereocenters. The Bertz CT molecular complexity index is 927. The van der Waals surface area contributed by atoms with Gasteiger partial charge in [-0.25, -0.2) is 17.9 Å². The lowest BCUT2D eigenvalue weighted by molar-refractivity contribution is -0.119. The van der Waals surface area contributed by atoms with Gasteiger partial charge in [-0.3, -0.25) is 4.79 Å². The molecule has 0 unspecified atom stereocenters. The summed E-state index contributed by atoms with van der Waals surface area (Å²) in [7, 11) is -2.42. The van der Waals surface area contributed by atoms with Gasteiger partial charge in [-0.05, 0) is 44.3 Å². The molecule has 9 heteroatoms. The maximum absolute atomic E-state index is 12.1. The van der Waals surface area contributed by atoms with E-state index in [1.54, 1.807) is 24.3 Å². The van der Waals surface area contributed by atoms with Gasteiger partial charge in [0.05, 0.1) is 22.8 Å². The van der Waals surface area contributed by atoms with E-state index in [2.05, 4.69) is 10.0 Å². The fraction of sp³-hybridized carbons (Fsp3) is 0.222. The van der Waals surface area contributed by atoms with Gasteiger partial charge in [0.1, 0.15) is 5.75 Å². The SMILES string of the molecule is CCOc1ccccc1NC(=O)COC(=O)c1cccc(S(=O)(=O)NC)c1. The molecule has 0 aromatic heterocycles. The molecule has 0 aliphatic rings. The minimum absolute atomic E-state index is 0.0221. The van der Waals surface area contributed by atoms with Gasteiger partial charge >= 0.3 is 5.97 Å². The quantitative estimate of drug-likeness (QED) is 0.663. The molecular formula is C18H20N2O6S. The zero-order valence-electron chi connectivity index (χ0n) is 14.9. The Kier molecular flexibility index (Phi) is 6.91. The van der Waals surface area contributed by atoms with Crippen molar-refractivity contribution in [2.24, 2.45) is 0 Å². The van der Waals surface area contributed by atoms with E-state index in [0.29, 0.717) is 18.0 Å². The smallest absolute Gasteiger partial charge is 0.338 e. The number of sulfonamides is 1. The van der Waals surface area contributed by atoms with Crippen LogP contribution in [0.1, 0.15) is 17.3 Å². The summed E-state index contributed by atoms with van der Waals surface area (Å²) >= 11 is 0. The van der Waals surface area contributed by atoms with Gasteiger partial charge < -0.3 is 14.8 Å². The summed E-state index contributed by atoms with van der Waals surface area (Å²) in [6.45, 7) is 1.73. The molecular weight excluding hydrogens is 372 g/mol. The van der Waals surface area contributed by atoms with E-state index in [1.165, 1.54) is 31.3 Å². The normalized spacial score (nSPS) is 10.9. The molecule has 27 heavy (non-hydrogen) atoms. The van der Waals surface area contributed by atoms with Crippen molar-refractivity contribution in [3.63, 3.8) is 0 Å². The molecule has 1 amide bonds. The number of ether oxygens (including phenoxy) is 2. The molecule has 8 nitrogen and oxygen atoms in total. The van der Waals surface area contributed by atoms with Crippen molar-refractivity contribution in [1.29, 1.82) is 0 Å². The van der Waals surface area contributed by atoms with E-state index in [-0.39, 0.29) is 10.5 Å². The summed E-state index contributed by atoms with van der Waals surface area (Å²) in [5.74, 6) is -0.851. The largest absolute Gasteiger partial charge is 0.492 e. The molecule has 0 heterocycles. The monoisotopic (exact) mass is 392 g/mol. The third-order valence-corrected chi connectivity index (χ3v) is 4.86. The molecule has 0 aliphatic carbocycles. The van der Waals surface area contributed by atoms with Crippen LogP contribution in [-0.4, -0.2) is 40.6 Å². The summed E-state index contributed by atoms with van der Waals surface area (Å²) in [6, 6.07) is 12.2. The minimum atomic E-state index is -3.69. The van der Waals surface area contributed by atoms with E-state index in [4.69, 9.17) is 9.47 Å². The van der Waals surface area contributed by atoms with Crippen LogP contribution >= 0.6 is 0 Å². The number of hydrogen-bond acceptors (Lipinski definition) is 6. The summed E-state index contributed by atoms with van der Waals surface area (Å²) in [5.41, 5.74) is 0.483. The zero-order chi connectivity index (χ0) is 19.9. The fourth-order valence-corrected chi connectivity index (χ4v) is 2.94. The van der Waals surface area contributed by atoms with Crippen molar-refractivity contribution in [2.75, 3.05) is 25.6 Å². The van der Waals surface area contributed by atoms with E-state index in [0.717, 1.165) is 0 Å². The average Bonchev–Trinajstić information content (AvgIpc) is 2.68. The third kappa shape index (κ3) is 5.53. The lowest BCUT2D eigenvalue weighted by Crippen LogP contribution is -2.22. The Morgan fingerprint density at radius 3 is 2.52 bits per heavy atom. The van der Waals surface area contributed by atoms with Crippen LogP contribution in [-0.2, 0) is 19.6 Å². The molecule has 0 fully saturated rings. The molecule has 0 bridgehead atoms. The second kappa shape index (κ2) is 9.15. The van der Waals surface area contributed by atoms with E-state index in [9.17, 15) is 18.0 Å². The topological polar surface area (TPSA) is 111 Å². The number of esters is 1. The number of carbonyl (C=O) groups excluding carboxylic acids is 2. The van der Waals surface area contributed by atoms with Gasteiger partial charge in [0.15, 0.2) is 6.61 Å². The highest BCUT2D eigenvalue weighted by molar-refractivity contribution is 7.89. The van der Waals surface area contributed by atoms with Gasteiger partial charge in [-0.2, -0.15) is 0 Å². The molecule has 2 aromatic rings. The Balaban J connectivity index is 2.00. The number of carbonyl (C=O) groups is 2. The van der Waals surface area contributed by atoms with Crippen molar-refractivity contribution in [1.82, 2.24) is 4.72 Å². The first-order valence-electron chi connectivity index (χ1n) is 8.09. The number of rotatable bonds is 8. The van der Waals surface area contributed by atoms with Crippen LogP contribution in [0.5, 0.6) is 5.75 Å². The molecule has 0 saturated heterocycles. The first kappa shape index (κ1) is 20.4. The Hall–Kier alpha value is -2.91. The van der Waals surface area contributed by atoms with Crippen LogP contribution in [0.3, 0.4) is 0 Å². The second-order valence-electron chi connectivity index (χ2n) is 5.29. The standard InChI is InChI=1S/C18H20N2O6S/c1-3-25-16-10-5-4-9-15(16)20-17(21)12-26-18(22)13-7-6-8-14(11-13)27(23,24)19-2/h4-11,19H,3,12H2,1-2H3,(H,20,21). The van der Waals surface area contributed by atoms with Gasteiger partial charge in [0.25, 0.3) is 5.91 Å². The Morgan fingerprint density at radius 1 is 1.07 bits per heavy atom. The van der Waals surface area contributed by atoms with Gasteiger partial charge in [-0.15, -0.1) is 0 Å². The molecule has 2 rings (SSSR count). The predicted molar refractivity (Wildman–Crippen MR) is 99.2 cm³/mol. The number of hydrogen-bond donors (Lipinski definition) is 2. The predicted octanol–water partition coefficient (Wildman–Crippen LogP) is 1.79. The van der Waals surface area contributed by atoms with Crippen LogP contribution in [0, 0.1) is 0 Å². The number of benzene rings is 2. The van der Waals surface area contributed by atoms with Crippen LogP contribution in [0.2, 0.25) is 0 Å². The maximum atomic E-state index is 12.1. The second-order valence-corrected chi connectivity index (χ2v) is 7.18. The van der Waals surface area contributed by atoms with Crippen molar-refractivity contribution in [3.05, 3.63) is 54.1 Å². The first-order valence-corrected chi connectivity index (χ1v) is 9.58. The van der Waals surface area contributed by atoms with E-state index < -0.39 is 28.5 Å². The highest BCUT2D eigenvalue weighted by Crippen LogP contribution is 2.23. The average molecular weight is 392 g/mol. The third-order valence-electron chi connectivity index (χ3n) is 3.44. The van der Waals surface area contributed by atoms with Crippen molar-refractivity contribution >= 4 is 27.6 Å². The summed E-state index contributed by atoms with van der Waals surface area (Å²) in [4.78, 5) is 24.0. The molecule has 0 saturated carbocycles. The van der Waals surface area contributed by atoms with Crippen LogP contribution in [0.15, 0.2) is 53.4 Å². The summed E-state index contributed by atoms with van der Waals surface area (Å²) in [6.07, 6.45) is 0. The van der Waals surface area contributed by atoms with Crippen LogP contribution in [0.25, 0.3) is 0 Å². The van der Waals surface area contributed by atoms with Crippen molar-refractivity contribution in [2.45, 2.75) is 11.8 Å². The van der Waals surface area contributed by atoms with Gasteiger partial charge in [0.2, 0.25) is 10.0 Å². The van der Waals surface area contributed by atoms with E-state index in [1.807, 2.05) is 6.92 Å². The lowest BCUT2D eigenvalue weighted by atomic mass is 10.2. The zero-order valence-corrected chi connectivity index (χ0v) is 15.7. The Labute approximate surface area is 157 Å². The first-order chi connectivity index (χ1) is 12.9. The van der Waals surface area contributed by atoms with Gasteiger partial charge in [0, 0.05) is 0 Å².